The van der Waals surface area contributed by atoms with Crippen LogP contribution in [-0.2, 0) is 19.1 Å². The minimum absolute atomic E-state index is 0.0926. The predicted molar refractivity (Wildman–Crippen MR) is 93.4 cm³/mol. The first-order chi connectivity index (χ1) is 11.5. The van der Waals surface area contributed by atoms with Crippen molar-refractivity contribution in [2.45, 2.75) is 90.6 Å². The average molecular weight is 338 g/mol. The van der Waals surface area contributed by atoms with Gasteiger partial charge >= 0.3 is 5.97 Å². The molecular weight excluding hydrogens is 304 g/mol. The maximum Gasteiger partial charge on any atom is 0.340 e. The largest absolute Gasteiger partial charge is 0.436 e. The predicted octanol–water partition coefficient (Wildman–Crippen LogP) is 4.65. The Bertz CT molecular complexity index is 433. The van der Waals surface area contributed by atoms with Gasteiger partial charge in [-0.05, 0) is 57.3 Å². The molecule has 0 amide bonds. The number of ether oxygens (including phenoxy) is 2. The number of hydrogen-bond donors (Lipinski definition) is 0. The summed E-state index contributed by atoms with van der Waals surface area (Å²) < 4.78 is 10.3. The molecule has 0 aromatic carbocycles. The number of esters is 1. The van der Waals surface area contributed by atoms with E-state index < -0.39 is 5.60 Å². The summed E-state index contributed by atoms with van der Waals surface area (Å²) in [5, 5.41) is 0. The van der Waals surface area contributed by atoms with Crippen molar-refractivity contribution >= 4 is 11.8 Å². The first-order valence-electron chi connectivity index (χ1n) is 9.80. The molecule has 2 rings (SSSR count). The standard InChI is InChI=1S/C20H34O4/c1-4-5-6-9-18(21)17-11-10-16(13-17)15(2)8-7-12-20(3)19(22)23-14-24-20/h15-17H,4-14H2,1-3H3/t15-,16?,17-,20-/m1/s1. The van der Waals surface area contributed by atoms with Crippen LogP contribution < -0.4 is 0 Å². The summed E-state index contributed by atoms with van der Waals surface area (Å²) in [6, 6.07) is 0. The van der Waals surface area contributed by atoms with Gasteiger partial charge in [-0.2, -0.15) is 0 Å². The smallest absolute Gasteiger partial charge is 0.340 e. The Balaban J connectivity index is 1.67. The molecule has 0 aromatic rings. The highest BCUT2D eigenvalue weighted by molar-refractivity contribution is 5.81. The van der Waals surface area contributed by atoms with Crippen molar-refractivity contribution in [1.29, 1.82) is 0 Å². The van der Waals surface area contributed by atoms with E-state index in [0.717, 1.165) is 44.9 Å². The molecule has 4 heteroatoms. The Morgan fingerprint density at radius 3 is 2.75 bits per heavy atom. The molecular formula is C20H34O4. The fraction of sp³-hybridized carbons (Fsp3) is 0.900. The summed E-state index contributed by atoms with van der Waals surface area (Å²) in [5.74, 6) is 1.84. The van der Waals surface area contributed by atoms with Crippen LogP contribution in [0.4, 0.5) is 0 Å². The molecule has 0 aromatic heterocycles. The fourth-order valence-electron chi connectivity index (χ4n) is 4.17. The molecule has 1 heterocycles. The Hall–Kier alpha value is -0.900. The van der Waals surface area contributed by atoms with Crippen LogP contribution in [0.15, 0.2) is 0 Å². The summed E-state index contributed by atoms with van der Waals surface area (Å²) in [5.41, 5.74) is -0.743. The lowest BCUT2D eigenvalue weighted by atomic mass is 9.85. The van der Waals surface area contributed by atoms with E-state index in [9.17, 15) is 9.59 Å². The molecule has 2 aliphatic rings. The van der Waals surface area contributed by atoms with Gasteiger partial charge in [-0.25, -0.2) is 4.79 Å². The van der Waals surface area contributed by atoms with Crippen LogP contribution in [0.5, 0.6) is 0 Å². The Kier molecular flexibility index (Phi) is 7.27. The number of carbonyl (C=O) groups excluding carboxylic acids is 2. The monoisotopic (exact) mass is 338 g/mol. The van der Waals surface area contributed by atoms with E-state index in [0.29, 0.717) is 23.5 Å². The molecule has 4 atom stereocenters. The van der Waals surface area contributed by atoms with Crippen molar-refractivity contribution in [3.8, 4) is 0 Å². The molecule has 0 spiro atoms. The lowest BCUT2D eigenvalue weighted by molar-refractivity contribution is -0.143. The van der Waals surface area contributed by atoms with E-state index in [1.165, 1.54) is 19.3 Å². The van der Waals surface area contributed by atoms with Gasteiger partial charge in [0.15, 0.2) is 12.4 Å². The molecule has 138 valence electrons. The first kappa shape index (κ1) is 19.4. The van der Waals surface area contributed by atoms with Gasteiger partial charge in [-0.1, -0.05) is 33.1 Å². The maximum atomic E-state index is 12.3. The summed E-state index contributed by atoms with van der Waals surface area (Å²) in [7, 11) is 0. The molecule has 0 N–H and O–H groups in total. The van der Waals surface area contributed by atoms with E-state index in [2.05, 4.69) is 13.8 Å². The molecule has 1 saturated heterocycles. The van der Waals surface area contributed by atoms with Crippen LogP contribution in [0.25, 0.3) is 0 Å². The van der Waals surface area contributed by atoms with Crippen LogP contribution in [0.1, 0.15) is 85.0 Å². The molecule has 0 radical (unpaired) electrons. The first-order valence-corrected chi connectivity index (χ1v) is 9.80. The minimum atomic E-state index is -0.743. The van der Waals surface area contributed by atoms with Gasteiger partial charge in [0, 0.05) is 12.3 Å². The van der Waals surface area contributed by atoms with E-state index in [1.54, 1.807) is 0 Å². The van der Waals surface area contributed by atoms with Crippen molar-refractivity contribution in [1.82, 2.24) is 0 Å². The average Bonchev–Trinajstić information content (AvgIpc) is 3.16. The Morgan fingerprint density at radius 1 is 1.29 bits per heavy atom. The number of carbonyl (C=O) groups is 2. The van der Waals surface area contributed by atoms with Gasteiger partial charge in [-0.15, -0.1) is 0 Å². The van der Waals surface area contributed by atoms with Gasteiger partial charge in [0.1, 0.15) is 5.78 Å². The lowest BCUT2D eigenvalue weighted by Gasteiger charge is -2.22. The topological polar surface area (TPSA) is 52.6 Å². The Morgan fingerprint density at radius 2 is 2.08 bits per heavy atom. The number of unbranched alkanes of at least 4 members (excludes halogenated alkanes) is 2. The molecule has 0 bridgehead atoms. The number of ketones is 1. The van der Waals surface area contributed by atoms with Gasteiger partial charge in [0.2, 0.25) is 0 Å². The zero-order chi connectivity index (χ0) is 17.6. The van der Waals surface area contributed by atoms with Gasteiger partial charge in [-0.3, -0.25) is 4.79 Å². The summed E-state index contributed by atoms with van der Waals surface area (Å²) in [6.07, 6.45) is 10.3. The summed E-state index contributed by atoms with van der Waals surface area (Å²) >= 11 is 0. The van der Waals surface area contributed by atoms with E-state index in [-0.39, 0.29) is 12.8 Å². The van der Waals surface area contributed by atoms with Crippen LogP contribution in [-0.4, -0.2) is 24.1 Å². The zero-order valence-corrected chi connectivity index (χ0v) is 15.6. The van der Waals surface area contributed by atoms with Crippen molar-refractivity contribution in [3.63, 3.8) is 0 Å². The van der Waals surface area contributed by atoms with Gasteiger partial charge < -0.3 is 9.47 Å². The van der Waals surface area contributed by atoms with Crippen molar-refractivity contribution in [2.24, 2.45) is 17.8 Å². The number of Topliss-reactive ketones (excluding diaryl/α,β-unsaturated/α-hetero) is 1. The van der Waals surface area contributed by atoms with E-state index in [1.807, 2.05) is 6.92 Å². The van der Waals surface area contributed by atoms with Gasteiger partial charge in [0.25, 0.3) is 0 Å². The second-order valence-electron chi connectivity index (χ2n) is 7.99. The number of rotatable bonds is 10. The van der Waals surface area contributed by atoms with Crippen LogP contribution in [0, 0.1) is 17.8 Å². The Labute approximate surface area is 146 Å². The highest BCUT2D eigenvalue weighted by Gasteiger charge is 2.41. The van der Waals surface area contributed by atoms with Crippen molar-refractivity contribution in [3.05, 3.63) is 0 Å². The lowest BCUT2D eigenvalue weighted by Crippen LogP contribution is -2.32. The third kappa shape index (κ3) is 5.05. The second-order valence-corrected chi connectivity index (χ2v) is 7.99. The van der Waals surface area contributed by atoms with Gasteiger partial charge in [0.05, 0.1) is 0 Å². The molecule has 4 nitrogen and oxygen atoms in total. The normalized spacial score (nSPS) is 31.2. The highest BCUT2D eigenvalue weighted by Crippen LogP contribution is 2.39. The summed E-state index contributed by atoms with van der Waals surface area (Å²) in [4.78, 5) is 24.0. The van der Waals surface area contributed by atoms with Crippen molar-refractivity contribution < 1.29 is 19.1 Å². The van der Waals surface area contributed by atoms with Crippen molar-refractivity contribution in [2.75, 3.05) is 6.79 Å². The quantitative estimate of drug-likeness (QED) is 0.430. The molecule has 1 unspecified atom stereocenters. The molecule has 1 aliphatic carbocycles. The maximum absolute atomic E-state index is 12.3. The molecule has 2 fully saturated rings. The number of cyclic esters (lactones) is 1. The van der Waals surface area contributed by atoms with E-state index in [4.69, 9.17) is 9.47 Å². The highest BCUT2D eigenvalue weighted by atomic mass is 16.7. The van der Waals surface area contributed by atoms with E-state index >= 15 is 0 Å². The third-order valence-electron chi connectivity index (χ3n) is 6.07. The summed E-state index contributed by atoms with van der Waals surface area (Å²) in [6.45, 7) is 6.39. The second kappa shape index (κ2) is 8.98. The fourth-order valence-corrected chi connectivity index (χ4v) is 4.17. The number of hydrogen-bond acceptors (Lipinski definition) is 4. The van der Waals surface area contributed by atoms with Crippen LogP contribution >= 0.6 is 0 Å². The molecule has 1 saturated carbocycles. The minimum Gasteiger partial charge on any atom is -0.436 e. The molecule has 24 heavy (non-hydrogen) atoms. The van der Waals surface area contributed by atoms with Crippen LogP contribution in [0.2, 0.25) is 0 Å². The third-order valence-corrected chi connectivity index (χ3v) is 6.07. The SMILES string of the molecule is CCCCCC(=O)[C@@H]1CCC([C@H](C)CCC[C@@]2(C)OCOC2=O)C1. The van der Waals surface area contributed by atoms with Crippen LogP contribution in [0.3, 0.4) is 0 Å². The molecule has 1 aliphatic heterocycles. The zero-order valence-electron chi connectivity index (χ0n) is 15.6.